The van der Waals surface area contributed by atoms with E-state index in [0.29, 0.717) is 0 Å². The zero-order chi connectivity index (χ0) is 5.41. The molecule has 0 aliphatic rings. The first-order chi connectivity index (χ1) is 2.83. The van der Waals surface area contributed by atoms with E-state index in [9.17, 15) is 0 Å². The zero-order valence-electron chi connectivity index (χ0n) is 8.00. The van der Waals surface area contributed by atoms with Crippen molar-refractivity contribution >= 4 is 0 Å². The van der Waals surface area contributed by atoms with Gasteiger partial charge in [0.05, 0.1) is 0 Å². The number of hydrogen-bond acceptors (Lipinski definition) is 2. The Morgan fingerprint density at radius 1 is 0.600 bits per heavy atom. The van der Waals surface area contributed by atoms with Crippen molar-refractivity contribution in [1.82, 2.24) is 10.6 Å². The molecule has 0 saturated heterocycles. The van der Waals surface area contributed by atoms with Crippen LogP contribution >= 0.6 is 0 Å². The van der Waals surface area contributed by atoms with Gasteiger partial charge >= 0.3 is 0 Å². The Morgan fingerprint density at radius 2 is 0.600 bits per heavy atom. The summed E-state index contributed by atoms with van der Waals surface area (Å²) in [6.07, 6.45) is 0. The fraction of sp³-hybridized carbons (Fsp3) is 0.667. The molecule has 10 heavy (non-hydrogen) atoms. The summed E-state index contributed by atoms with van der Waals surface area (Å²) in [5, 5.41) is 5.50. The van der Waals surface area contributed by atoms with Gasteiger partial charge in [0, 0.05) is 81.7 Å². The predicted molar refractivity (Wildman–Crippen MR) is 42.8 cm³/mol. The van der Waals surface area contributed by atoms with Crippen molar-refractivity contribution in [2.24, 2.45) is 0 Å². The Morgan fingerprint density at radius 3 is 0.600 bits per heavy atom. The summed E-state index contributed by atoms with van der Waals surface area (Å²) in [4.78, 5) is 0. The number of nitrogens with one attached hydrogen (secondary N) is 2. The van der Waals surface area contributed by atoms with Gasteiger partial charge in [0.25, 0.3) is 0 Å². The van der Waals surface area contributed by atoms with Crippen molar-refractivity contribution in [3.05, 3.63) is 14.9 Å². The van der Waals surface area contributed by atoms with Crippen LogP contribution in [0, 0.1) is 96.5 Å². The van der Waals surface area contributed by atoms with E-state index < -0.39 is 0 Å². The Bertz CT molecular complexity index is 15.7. The van der Waals surface area contributed by atoms with Gasteiger partial charge in [0.2, 0.25) is 0 Å². The molecule has 0 aliphatic carbocycles. The Hall–Kier alpha value is 2.62. The molecule has 0 aromatic carbocycles. The third-order valence-corrected chi connectivity index (χ3v) is 0. The monoisotopic (exact) mass is 404 g/mol. The van der Waals surface area contributed by atoms with E-state index in [1.165, 1.54) is 0 Å². The topological polar surface area (TPSA) is 24.1 Å². The maximum absolute atomic E-state index is 2.75. The summed E-state index contributed by atoms with van der Waals surface area (Å²) >= 11 is 0. The van der Waals surface area contributed by atoms with Gasteiger partial charge in [-0.1, -0.05) is 0 Å². The summed E-state index contributed by atoms with van der Waals surface area (Å²) < 4.78 is 0. The van der Waals surface area contributed by atoms with E-state index in [1.807, 2.05) is 28.2 Å². The molecule has 4 heteroatoms. The van der Waals surface area contributed by atoms with Gasteiger partial charge in [-0.05, 0) is 28.2 Å². The second-order valence-electron chi connectivity index (χ2n) is 1.00. The molecule has 0 rings (SSSR count). The first kappa shape index (κ1) is 38.9. The minimum atomic E-state index is 0. The summed E-state index contributed by atoms with van der Waals surface area (Å²) in [6, 6.07) is 0. The smallest absolute Gasteiger partial charge is 0 e. The van der Waals surface area contributed by atoms with Gasteiger partial charge in [-0.2, -0.15) is 0 Å². The first-order valence-electron chi connectivity index (χ1n) is 2.00. The van der Waals surface area contributed by atoms with E-state index in [4.69, 9.17) is 0 Å². The van der Waals surface area contributed by atoms with Crippen molar-refractivity contribution in [2.75, 3.05) is 28.2 Å². The third-order valence-electron chi connectivity index (χ3n) is 0. The largest absolute Gasteiger partial charge is 0.358 e. The van der Waals surface area contributed by atoms with E-state index in [-0.39, 0.29) is 96.5 Å². The number of rotatable bonds is 0. The van der Waals surface area contributed by atoms with Crippen molar-refractivity contribution in [1.29, 1.82) is 0 Å². The second-order valence-corrected chi connectivity index (χ2v) is 1.00. The van der Waals surface area contributed by atoms with Crippen LogP contribution in [0.15, 0.2) is 0 Å². The van der Waals surface area contributed by atoms with Gasteiger partial charge in [-0.3, -0.25) is 0 Å². The average molecular weight is 409 g/mol. The molecule has 0 spiro atoms. The SMILES string of the molecule is CNC.CNC.[CH3-].[CH3-].[Nd].[Nd]. The molecule has 0 aromatic rings. The van der Waals surface area contributed by atoms with Gasteiger partial charge in [-0.25, -0.2) is 0 Å². The molecule has 0 amide bonds. The summed E-state index contributed by atoms with van der Waals surface area (Å²) in [6.45, 7) is 0. The minimum absolute atomic E-state index is 0. The Balaban J connectivity index is -0.00000000571. The molecule has 64 valence electrons. The van der Waals surface area contributed by atoms with E-state index in [1.54, 1.807) is 0 Å². The van der Waals surface area contributed by atoms with Gasteiger partial charge in [0.1, 0.15) is 0 Å². The van der Waals surface area contributed by atoms with Gasteiger partial charge in [-0.15, -0.1) is 0 Å². The van der Waals surface area contributed by atoms with Crippen LogP contribution in [0.5, 0.6) is 0 Å². The molecule has 2 nitrogen and oxygen atoms in total. The van der Waals surface area contributed by atoms with E-state index in [0.717, 1.165) is 0 Å². The third kappa shape index (κ3) is 143. The van der Waals surface area contributed by atoms with Gasteiger partial charge in [0.15, 0.2) is 0 Å². The molecule has 0 aromatic heterocycles. The predicted octanol–water partition coefficient (Wildman–Crippen LogP) is 0.572. The van der Waals surface area contributed by atoms with Crippen molar-refractivity contribution in [2.45, 2.75) is 0 Å². The van der Waals surface area contributed by atoms with E-state index in [2.05, 4.69) is 10.6 Å². The molecule has 0 fully saturated rings. The van der Waals surface area contributed by atoms with Crippen LogP contribution in [0.4, 0.5) is 0 Å². The average Bonchev–Trinajstić information content (AvgIpc) is 1.39. The van der Waals surface area contributed by atoms with Crippen molar-refractivity contribution in [3.8, 4) is 0 Å². The summed E-state index contributed by atoms with van der Waals surface area (Å²) in [5.74, 6) is 0. The van der Waals surface area contributed by atoms with Crippen LogP contribution in [-0.4, -0.2) is 28.2 Å². The quantitative estimate of drug-likeness (QED) is 0.573. The molecule has 0 heterocycles. The minimum Gasteiger partial charge on any atom is -0.358 e. The molecule has 2 N–H and O–H groups in total. The molecular formula is C6H20N2Nd2-2. The normalized spacial score (nSPS) is 3.60. The summed E-state index contributed by atoms with van der Waals surface area (Å²) in [7, 11) is 7.50. The summed E-state index contributed by atoms with van der Waals surface area (Å²) in [5.41, 5.74) is 0. The Labute approximate surface area is 133 Å². The standard InChI is InChI=1S/2C2H7N.2CH3.2Nd/c2*1-3-2;;;;/h2*3H,1-2H3;2*1H3;;/q;;2*-1;;. The van der Waals surface area contributed by atoms with Crippen LogP contribution in [-0.2, 0) is 0 Å². The molecule has 0 atom stereocenters. The molecule has 0 bridgehead atoms. The van der Waals surface area contributed by atoms with Crippen LogP contribution in [0.2, 0.25) is 0 Å². The maximum Gasteiger partial charge on any atom is 0 e. The fourth-order valence-corrected chi connectivity index (χ4v) is 0. The number of hydrogen-bond donors (Lipinski definition) is 2. The van der Waals surface area contributed by atoms with Crippen molar-refractivity contribution in [3.63, 3.8) is 0 Å². The Kier molecular flexibility index (Phi) is 239. The second kappa shape index (κ2) is 61.4. The van der Waals surface area contributed by atoms with Crippen LogP contribution in [0.1, 0.15) is 0 Å². The molecule has 0 unspecified atom stereocenters. The van der Waals surface area contributed by atoms with Crippen LogP contribution in [0.3, 0.4) is 0 Å². The fourth-order valence-electron chi connectivity index (χ4n) is 0. The van der Waals surface area contributed by atoms with Gasteiger partial charge < -0.3 is 25.5 Å². The van der Waals surface area contributed by atoms with Crippen LogP contribution < -0.4 is 10.6 Å². The van der Waals surface area contributed by atoms with E-state index >= 15 is 0 Å². The van der Waals surface area contributed by atoms with Crippen LogP contribution in [0.25, 0.3) is 0 Å². The maximum atomic E-state index is 2.75. The molecule has 0 saturated carbocycles. The van der Waals surface area contributed by atoms with Crippen molar-refractivity contribution < 1.29 is 81.7 Å². The first-order valence-corrected chi connectivity index (χ1v) is 2.00. The molecule has 0 radical (unpaired) electrons. The molecular weight excluding hydrogens is 389 g/mol. The molecule has 0 aliphatic heterocycles. The zero-order valence-corrected chi connectivity index (χ0v) is 14.4.